The molecule has 0 aliphatic carbocycles. The van der Waals surface area contributed by atoms with Gasteiger partial charge in [0, 0.05) is 13.2 Å². The van der Waals surface area contributed by atoms with E-state index in [0.717, 1.165) is 0 Å². The number of likely N-dealkylation sites (N-methyl/N-ethyl adjacent to an activating group) is 1. The molecule has 0 saturated carbocycles. The number of oxime groups is 1. The van der Waals surface area contributed by atoms with Gasteiger partial charge in [0.25, 0.3) is 0 Å². The highest BCUT2D eigenvalue weighted by Crippen LogP contribution is 2.20. The first-order valence-corrected chi connectivity index (χ1v) is 6.10. The molecule has 0 fully saturated rings. The third kappa shape index (κ3) is 4.11. The number of amides is 1. The quantitative estimate of drug-likeness (QED) is 0.380. The standard InChI is InChI=1S/C13H20N4O3/c1-13(2,3)20-12(18)17(4)10(11(14)16-19)9-7-5-6-8-15-9/h5-8,10,19H,1-4H3,(H2,14,16)/t10-/m0/s1. The molecule has 0 aliphatic rings. The summed E-state index contributed by atoms with van der Waals surface area (Å²) < 4.78 is 5.26. The number of rotatable bonds is 3. The fourth-order valence-corrected chi connectivity index (χ4v) is 1.58. The molecule has 0 aliphatic heterocycles. The first kappa shape index (κ1) is 15.7. The fraction of sp³-hybridized carbons (Fsp3) is 0.462. The Hall–Kier alpha value is -2.31. The van der Waals surface area contributed by atoms with Crippen molar-refractivity contribution in [3.63, 3.8) is 0 Å². The second-order valence-corrected chi connectivity index (χ2v) is 5.27. The average molecular weight is 280 g/mol. The van der Waals surface area contributed by atoms with Crippen molar-refractivity contribution in [2.75, 3.05) is 7.05 Å². The number of nitrogens with zero attached hydrogens (tertiary/aromatic N) is 3. The van der Waals surface area contributed by atoms with E-state index in [9.17, 15) is 4.79 Å². The van der Waals surface area contributed by atoms with Crippen molar-refractivity contribution in [2.24, 2.45) is 10.9 Å². The third-order valence-corrected chi connectivity index (χ3v) is 2.43. The van der Waals surface area contributed by atoms with Crippen LogP contribution in [0.15, 0.2) is 29.6 Å². The van der Waals surface area contributed by atoms with Gasteiger partial charge in [0.05, 0.1) is 5.69 Å². The number of aromatic nitrogens is 1. The lowest BCUT2D eigenvalue weighted by atomic mass is 10.1. The normalized spacial score (nSPS) is 13.7. The van der Waals surface area contributed by atoms with Gasteiger partial charge in [0.2, 0.25) is 0 Å². The van der Waals surface area contributed by atoms with E-state index in [2.05, 4.69) is 10.1 Å². The van der Waals surface area contributed by atoms with Crippen LogP contribution in [0, 0.1) is 0 Å². The zero-order chi connectivity index (χ0) is 15.3. The van der Waals surface area contributed by atoms with Crippen LogP contribution < -0.4 is 5.73 Å². The van der Waals surface area contributed by atoms with Crippen LogP contribution in [-0.2, 0) is 4.74 Å². The Labute approximate surface area is 118 Å². The zero-order valence-corrected chi connectivity index (χ0v) is 12.1. The minimum absolute atomic E-state index is 0.142. The van der Waals surface area contributed by atoms with E-state index in [1.165, 1.54) is 11.9 Å². The van der Waals surface area contributed by atoms with E-state index in [4.69, 9.17) is 15.7 Å². The molecule has 1 heterocycles. The van der Waals surface area contributed by atoms with Gasteiger partial charge in [-0.2, -0.15) is 0 Å². The van der Waals surface area contributed by atoms with Crippen LogP contribution in [0.4, 0.5) is 4.79 Å². The highest BCUT2D eigenvalue weighted by molar-refractivity contribution is 5.89. The van der Waals surface area contributed by atoms with Crippen molar-refractivity contribution < 1.29 is 14.7 Å². The van der Waals surface area contributed by atoms with Crippen LogP contribution in [0.3, 0.4) is 0 Å². The number of amidine groups is 1. The van der Waals surface area contributed by atoms with E-state index in [-0.39, 0.29) is 5.84 Å². The van der Waals surface area contributed by atoms with Crippen LogP contribution in [0.25, 0.3) is 0 Å². The fourth-order valence-electron chi connectivity index (χ4n) is 1.58. The zero-order valence-electron chi connectivity index (χ0n) is 12.1. The maximum absolute atomic E-state index is 12.1. The molecule has 0 aromatic carbocycles. The summed E-state index contributed by atoms with van der Waals surface area (Å²) in [5.41, 5.74) is 5.51. The number of carbonyl (C=O) groups is 1. The van der Waals surface area contributed by atoms with Crippen molar-refractivity contribution in [2.45, 2.75) is 32.4 Å². The Bertz CT molecular complexity index is 482. The molecule has 3 N–H and O–H groups in total. The molecular formula is C13H20N4O3. The van der Waals surface area contributed by atoms with E-state index in [1.807, 2.05) is 0 Å². The van der Waals surface area contributed by atoms with Crippen molar-refractivity contribution in [1.29, 1.82) is 0 Å². The molecule has 0 bridgehead atoms. The van der Waals surface area contributed by atoms with Crippen molar-refractivity contribution in [3.05, 3.63) is 30.1 Å². The molecular weight excluding hydrogens is 260 g/mol. The Kier molecular flexibility index (Phi) is 4.90. The predicted octanol–water partition coefficient (Wildman–Crippen LogP) is 1.74. The first-order chi connectivity index (χ1) is 9.26. The monoisotopic (exact) mass is 280 g/mol. The summed E-state index contributed by atoms with van der Waals surface area (Å²) in [5.74, 6) is -0.142. The first-order valence-electron chi connectivity index (χ1n) is 6.10. The van der Waals surface area contributed by atoms with E-state index >= 15 is 0 Å². The smallest absolute Gasteiger partial charge is 0.410 e. The molecule has 1 rings (SSSR count). The molecule has 20 heavy (non-hydrogen) atoms. The number of hydrogen-bond donors (Lipinski definition) is 2. The largest absolute Gasteiger partial charge is 0.444 e. The second kappa shape index (κ2) is 6.23. The molecule has 0 radical (unpaired) electrons. The van der Waals surface area contributed by atoms with Crippen LogP contribution in [-0.4, -0.2) is 39.7 Å². The lowest BCUT2D eigenvalue weighted by Crippen LogP contribution is -2.42. The number of ether oxygens (including phenoxy) is 1. The van der Waals surface area contributed by atoms with Crippen LogP contribution in [0.5, 0.6) is 0 Å². The summed E-state index contributed by atoms with van der Waals surface area (Å²) in [7, 11) is 1.51. The summed E-state index contributed by atoms with van der Waals surface area (Å²) in [6, 6.07) is 4.38. The Morgan fingerprint density at radius 1 is 1.50 bits per heavy atom. The second-order valence-electron chi connectivity index (χ2n) is 5.27. The highest BCUT2D eigenvalue weighted by Gasteiger charge is 2.30. The van der Waals surface area contributed by atoms with Crippen molar-refractivity contribution >= 4 is 11.9 Å². The summed E-state index contributed by atoms with van der Waals surface area (Å²) in [4.78, 5) is 17.4. The highest BCUT2D eigenvalue weighted by atomic mass is 16.6. The molecule has 7 heteroatoms. The van der Waals surface area contributed by atoms with Crippen molar-refractivity contribution in [1.82, 2.24) is 9.88 Å². The summed E-state index contributed by atoms with van der Waals surface area (Å²) in [6.07, 6.45) is 0.982. The molecule has 7 nitrogen and oxygen atoms in total. The van der Waals surface area contributed by atoms with Gasteiger partial charge in [0.15, 0.2) is 5.84 Å². The molecule has 0 unspecified atom stereocenters. The van der Waals surface area contributed by atoms with Gasteiger partial charge in [-0.15, -0.1) is 0 Å². The van der Waals surface area contributed by atoms with Gasteiger partial charge >= 0.3 is 6.09 Å². The summed E-state index contributed by atoms with van der Waals surface area (Å²) in [5, 5.41) is 11.9. The molecule has 1 atom stereocenters. The maximum Gasteiger partial charge on any atom is 0.410 e. The van der Waals surface area contributed by atoms with E-state index in [0.29, 0.717) is 5.69 Å². The van der Waals surface area contributed by atoms with Crippen molar-refractivity contribution in [3.8, 4) is 0 Å². The number of hydrogen-bond acceptors (Lipinski definition) is 5. The lowest BCUT2D eigenvalue weighted by Gasteiger charge is -2.29. The average Bonchev–Trinajstić information content (AvgIpc) is 2.37. The Morgan fingerprint density at radius 3 is 2.60 bits per heavy atom. The molecule has 1 amide bonds. The lowest BCUT2D eigenvalue weighted by molar-refractivity contribution is 0.0261. The molecule has 0 spiro atoms. The van der Waals surface area contributed by atoms with Gasteiger partial charge < -0.3 is 15.7 Å². The Morgan fingerprint density at radius 2 is 2.15 bits per heavy atom. The number of carbonyl (C=O) groups excluding carboxylic acids is 1. The van der Waals surface area contributed by atoms with Crippen LogP contribution in [0.1, 0.15) is 32.5 Å². The summed E-state index contributed by atoms with van der Waals surface area (Å²) in [6.45, 7) is 5.29. The Balaban J connectivity index is 3.04. The SMILES string of the molecule is CN(C(=O)OC(C)(C)C)[C@H](C(N)=NO)c1ccccn1. The molecule has 1 aromatic heterocycles. The van der Waals surface area contributed by atoms with Gasteiger partial charge in [0.1, 0.15) is 11.6 Å². The van der Waals surface area contributed by atoms with Crippen LogP contribution >= 0.6 is 0 Å². The maximum atomic E-state index is 12.1. The van der Waals surface area contributed by atoms with Crippen LogP contribution in [0.2, 0.25) is 0 Å². The van der Waals surface area contributed by atoms with E-state index in [1.54, 1.807) is 45.2 Å². The minimum atomic E-state index is -0.795. The number of nitrogens with two attached hydrogens (primary N) is 1. The molecule has 110 valence electrons. The van der Waals surface area contributed by atoms with Gasteiger partial charge in [-0.1, -0.05) is 11.2 Å². The van der Waals surface area contributed by atoms with Gasteiger partial charge in [-0.25, -0.2) is 4.79 Å². The molecule has 1 aromatic rings. The van der Waals surface area contributed by atoms with E-state index < -0.39 is 17.7 Å². The minimum Gasteiger partial charge on any atom is -0.444 e. The predicted molar refractivity (Wildman–Crippen MR) is 74.4 cm³/mol. The molecule has 0 saturated heterocycles. The topological polar surface area (TPSA) is 101 Å². The number of pyridine rings is 1. The van der Waals surface area contributed by atoms with Gasteiger partial charge in [-0.3, -0.25) is 9.88 Å². The van der Waals surface area contributed by atoms with Gasteiger partial charge in [-0.05, 0) is 32.9 Å². The third-order valence-electron chi connectivity index (χ3n) is 2.43. The summed E-state index contributed by atoms with van der Waals surface area (Å²) >= 11 is 0.